The molecule has 2 aromatic rings. The van der Waals surface area contributed by atoms with Crippen LogP contribution >= 0.6 is 0 Å². The van der Waals surface area contributed by atoms with Crippen LogP contribution in [0.25, 0.3) is 0 Å². The molecule has 1 aliphatic heterocycles. The molecule has 4 nitrogen and oxygen atoms in total. The Kier molecular flexibility index (Phi) is 6.83. The number of nitrogens with zero attached hydrogens (tertiary/aromatic N) is 1. The number of carbonyl (C=O) groups is 1. The summed E-state index contributed by atoms with van der Waals surface area (Å²) in [7, 11) is 0. The van der Waals surface area contributed by atoms with Crippen molar-refractivity contribution in [2.24, 2.45) is 0 Å². The van der Waals surface area contributed by atoms with Crippen LogP contribution in [0.1, 0.15) is 54.4 Å². The van der Waals surface area contributed by atoms with Crippen molar-refractivity contribution in [3.63, 3.8) is 0 Å². The minimum absolute atomic E-state index is 0.0613. The van der Waals surface area contributed by atoms with Gasteiger partial charge in [0.15, 0.2) is 6.61 Å². The predicted octanol–water partition coefficient (Wildman–Crippen LogP) is 4.25. The second-order valence-electron chi connectivity index (χ2n) is 8.36. The maximum absolute atomic E-state index is 12.2. The molecular formula is C25H32N2O2. The first kappa shape index (κ1) is 20.0. The molecule has 0 bridgehead atoms. The van der Waals surface area contributed by atoms with Gasteiger partial charge in [0.25, 0.3) is 5.91 Å². The Morgan fingerprint density at radius 1 is 0.862 bits per heavy atom. The van der Waals surface area contributed by atoms with Gasteiger partial charge in [-0.3, -0.25) is 9.69 Å². The molecule has 0 unspecified atom stereocenters. The molecule has 1 fully saturated rings. The number of likely N-dealkylation sites (tertiary alicyclic amines) is 1. The molecule has 1 aliphatic carbocycles. The van der Waals surface area contributed by atoms with E-state index in [0.29, 0.717) is 6.54 Å². The quantitative estimate of drug-likeness (QED) is 0.766. The van der Waals surface area contributed by atoms with Gasteiger partial charge in [-0.15, -0.1) is 0 Å². The van der Waals surface area contributed by atoms with Gasteiger partial charge in [-0.25, -0.2) is 0 Å². The van der Waals surface area contributed by atoms with Crippen LogP contribution in [0.3, 0.4) is 0 Å². The van der Waals surface area contributed by atoms with Crippen molar-refractivity contribution in [2.45, 2.75) is 58.0 Å². The Morgan fingerprint density at radius 3 is 2.38 bits per heavy atom. The molecule has 2 aromatic carbocycles. The van der Waals surface area contributed by atoms with E-state index >= 15 is 0 Å². The number of amides is 1. The van der Waals surface area contributed by atoms with E-state index in [9.17, 15) is 4.79 Å². The molecule has 0 atom stereocenters. The smallest absolute Gasteiger partial charge is 0.258 e. The molecule has 0 saturated carbocycles. The number of fused-ring (bicyclic) bond motifs is 1. The molecule has 1 heterocycles. The highest BCUT2D eigenvalue weighted by Crippen LogP contribution is 2.25. The van der Waals surface area contributed by atoms with E-state index in [0.717, 1.165) is 30.7 Å². The fourth-order valence-electron chi connectivity index (χ4n) is 4.34. The summed E-state index contributed by atoms with van der Waals surface area (Å²) in [6.07, 6.45) is 8.79. The lowest BCUT2D eigenvalue weighted by molar-refractivity contribution is -0.123. The van der Waals surface area contributed by atoms with Crippen LogP contribution in [-0.2, 0) is 30.7 Å². The maximum atomic E-state index is 12.2. The van der Waals surface area contributed by atoms with E-state index in [1.165, 1.54) is 61.9 Å². The third kappa shape index (κ3) is 5.83. The molecule has 0 spiro atoms. The molecule has 0 radical (unpaired) electrons. The summed E-state index contributed by atoms with van der Waals surface area (Å²) in [4.78, 5) is 14.7. The van der Waals surface area contributed by atoms with Crippen molar-refractivity contribution < 1.29 is 9.53 Å². The number of ether oxygens (including phenoxy) is 1. The first-order valence-electron chi connectivity index (χ1n) is 11.1. The third-order valence-corrected chi connectivity index (χ3v) is 6.06. The number of hydrogen-bond donors (Lipinski definition) is 1. The van der Waals surface area contributed by atoms with Gasteiger partial charge in [0.2, 0.25) is 0 Å². The van der Waals surface area contributed by atoms with E-state index in [1.54, 1.807) is 0 Å². The Morgan fingerprint density at radius 2 is 1.59 bits per heavy atom. The van der Waals surface area contributed by atoms with Crippen LogP contribution in [0.4, 0.5) is 0 Å². The van der Waals surface area contributed by atoms with Gasteiger partial charge < -0.3 is 10.1 Å². The minimum Gasteiger partial charge on any atom is -0.484 e. The average molecular weight is 393 g/mol. The molecule has 1 amide bonds. The number of nitrogens with one attached hydrogen (secondary N) is 1. The summed E-state index contributed by atoms with van der Waals surface area (Å²) in [5, 5.41) is 2.96. The second-order valence-corrected chi connectivity index (χ2v) is 8.36. The van der Waals surface area contributed by atoms with Gasteiger partial charge in [-0.1, -0.05) is 36.8 Å². The van der Waals surface area contributed by atoms with Crippen molar-refractivity contribution in [1.82, 2.24) is 10.2 Å². The number of piperidine rings is 1. The van der Waals surface area contributed by atoms with Gasteiger partial charge in [0.1, 0.15) is 5.75 Å². The van der Waals surface area contributed by atoms with Crippen molar-refractivity contribution in [2.75, 3.05) is 19.7 Å². The van der Waals surface area contributed by atoms with Gasteiger partial charge in [0.05, 0.1) is 0 Å². The topological polar surface area (TPSA) is 41.6 Å². The van der Waals surface area contributed by atoms with Crippen molar-refractivity contribution in [3.8, 4) is 5.75 Å². The summed E-state index contributed by atoms with van der Waals surface area (Å²) < 4.78 is 5.71. The highest BCUT2D eigenvalue weighted by atomic mass is 16.5. The monoisotopic (exact) mass is 392 g/mol. The standard InChI is InChI=1S/C25H32N2O2/c28-25(19-29-24-13-12-22-6-2-3-7-23(22)16-24)26-17-20-8-10-21(11-9-20)18-27-14-4-1-5-15-27/h8-13,16H,1-7,14-15,17-19H2,(H,26,28). The zero-order valence-corrected chi connectivity index (χ0v) is 17.3. The van der Waals surface area contributed by atoms with Crippen LogP contribution in [0.5, 0.6) is 5.75 Å². The van der Waals surface area contributed by atoms with Crippen LogP contribution in [0.15, 0.2) is 42.5 Å². The van der Waals surface area contributed by atoms with Crippen LogP contribution in [-0.4, -0.2) is 30.5 Å². The minimum atomic E-state index is -0.0832. The van der Waals surface area contributed by atoms with Crippen molar-refractivity contribution >= 4 is 5.91 Å². The number of carbonyl (C=O) groups excluding carboxylic acids is 1. The number of hydrogen-bond acceptors (Lipinski definition) is 3. The molecule has 2 aliphatic rings. The predicted molar refractivity (Wildman–Crippen MR) is 116 cm³/mol. The zero-order chi connectivity index (χ0) is 19.9. The largest absolute Gasteiger partial charge is 0.484 e. The first-order valence-corrected chi connectivity index (χ1v) is 11.1. The van der Waals surface area contributed by atoms with E-state index in [1.807, 2.05) is 6.07 Å². The molecule has 29 heavy (non-hydrogen) atoms. The van der Waals surface area contributed by atoms with Gasteiger partial charge in [0, 0.05) is 13.1 Å². The molecule has 1 saturated heterocycles. The second kappa shape index (κ2) is 9.93. The first-order chi connectivity index (χ1) is 14.3. The summed E-state index contributed by atoms with van der Waals surface area (Å²) >= 11 is 0. The molecule has 4 heteroatoms. The lowest BCUT2D eigenvalue weighted by atomic mass is 9.92. The maximum Gasteiger partial charge on any atom is 0.258 e. The average Bonchev–Trinajstić information content (AvgIpc) is 2.78. The zero-order valence-electron chi connectivity index (χ0n) is 17.3. The Labute approximate surface area is 174 Å². The van der Waals surface area contributed by atoms with E-state index < -0.39 is 0 Å². The normalized spacial score (nSPS) is 16.8. The van der Waals surface area contributed by atoms with Crippen LogP contribution < -0.4 is 10.1 Å². The Balaban J connectivity index is 1.20. The van der Waals surface area contributed by atoms with Gasteiger partial charge in [-0.2, -0.15) is 0 Å². The van der Waals surface area contributed by atoms with Gasteiger partial charge >= 0.3 is 0 Å². The lowest BCUT2D eigenvalue weighted by Gasteiger charge is -2.26. The summed E-state index contributed by atoms with van der Waals surface area (Å²) in [5.74, 6) is 0.711. The molecule has 0 aromatic heterocycles. The summed E-state index contributed by atoms with van der Waals surface area (Å²) in [5.41, 5.74) is 5.27. The summed E-state index contributed by atoms with van der Waals surface area (Å²) in [6, 6.07) is 14.8. The molecule has 4 rings (SSSR count). The van der Waals surface area contributed by atoms with Gasteiger partial charge in [-0.05, 0) is 86.0 Å². The van der Waals surface area contributed by atoms with E-state index in [2.05, 4.69) is 46.6 Å². The molecular weight excluding hydrogens is 360 g/mol. The number of rotatable bonds is 7. The fraction of sp³-hybridized carbons (Fsp3) is 0.480. The SMILES string of the molecule is O=C(COc1ccc2c(c1)CCCC2)NCc1ccc(CN2CCCCC2)cc1. The third-order valence-electron chi connectivity index (χ3n) is 6.06. The van der Waals surface area contributed by atoms with E-state index in [-0.39, 0.29) is 12.5 Å². The molecule has 1 N–H and O–H groups in total. The Hall–Kier alpha value is -2.33. The van der Waals surface area contributed by atoms with Crippen LogP contribution in [0.2, 0.25) is 0 Å². The number of benzene rings is 2. The fourth-order valence-corrected chi connectivity index (χ4v) is 4.34. The van der Waals surface area contributed by atoms with E-state index in [4.69, 9.17) is 4.74 Å². The Bertz CT molecular complexity index is 810. The highest BCUT2D eigenvalue weighted by molar-refractivity contribution is 5.77. The molecule has 154 valence electrons. The van der Waals surface area contributed by atoms with Crippen LogP contribution in [0, 0.1) is 0 Å². The lowest BCUT2D eigenvalue weighted by Crippen LogP contribution is -2.29. The summed E-state index contributed by atoms with van der Waals surface area (Å²) in [6.45, 7) is 4.05. The van der Waals surface area contributed by atoms with Crippen molar-refractivity contribution in [3.05, 3.63) is 64.7 Å². The van der Waals surface area contributed by atoms with Crippen molar-refractivity contribution in [1.29, 1.82) is 0 Å². The highest BCUT2D eigenvalue weighted by Gasteiger charge is 2.12. The number of aryl methyl sites for hydroxylation is 2.